The lowest BCUT2D eigenvalue weighted by atomic mass is 10.00. The summed E-state index contributed by atoms with van der Waals surface area (Å²) in [7, 11) is -3.24. The molecule has 1 fully saturated rings. The molecule has 2 aliphatic rings. The largest absolute Gasteiger partial charge is 0.459 e. The average molecular weight is 480 g/mol. The summed E-state index contributed by atoms with van der Waals surface area (Å²) in [6.45, 7) is 4.25. The molecule has 8 nitrogen and oxygen atoms in total. The minimum absolute atomic E-state index is 0.0947. The van der Waals surface area contributed by atoms with E-state index in [1.54, 1.807) is 34.1 Å². The van der Waals surface area contributed by atoms with Crippen LogP contribution in [0.1, 0.15) is 30.8 Å². The van der Waals surface area contributed by atoms with E-state index in [9.17, 15) is 18.0 Å². The smallest absolute Gasteiger partial charge is 0.294 e. The Hall–Kier alpha value is -3.59. The average Bonchev–Trinajstić information content (AvgIpc) is 3.47. The van der Waals surface area contributed by atoms with Crippen LogP contribution in [0.3, 0.4) is 0 Å². The van der Waals surface area contributed by atoms with E-state index < -0.39 is 10.0 Å². The maximum absolute atomic E-state index is 13.2. The number of rotatable bonds is 3. The van der Waals surface area contributed by atoms with Crippen LogP contribution in [0.4, 0.5) is 17.1 Å². The Morgan fingerprint density at radius 3 is 2.35 bits per heavy atom. The van der Waals surface area contributed by atoms with E-state index in [-0.39, 0.29) is 29.4 Å². The summed E-state index contributed by atoms with van der Waals surface area (Å²) < 4.78 is 31.3. The van der Waals surface area contributed by atoms with Gasteiger partial charge in [0, 0.05) is 20.0 Å². The van der Waals surface area contributed by atoms with Crippen LogP contribution in [0.5, 0.6) is 0 Å². The first-order valence-corrected chi connectivity index (χ1v) is 12.8. The van der Waals surface area contributed by atoms with Gasteiger partial charge in [-0.05, 0) is 60.9 Å². The lowest BCUT2D eigenvalue weighted by molar-refractivity contribution is -0.117. The normalized spacial score (nSPS) is 19.2. The number of fused-ring (bicyclic) bond motifs is 1. The quantitative estimate of drug-likeness (QED) is 0.569. The van der Waals surface area contributed by atoms with Crippen LogP contribution in [-0.2, 0) is 14.8 Å². The van der Waals surface area contributed by atoms with Crippen molar-refractivity contribution in [1.82, 2.24) is 0 Å². The summed E-state index contributed by atoms with van der Waals surface area (Å²) in [4.78, 5) is 29.0. The SMILES string of the molecule is CC(=O)N1c2ccc(-c3ccc(N4CCCS4(=O)=O)cc3)cc2N(C(=O)c2ccco2)C[C@@H]1C. The van der Waals surface area contributed by atoms with Crippen molar-refractivity contribution < 1.29 is 22.4 Å². The molecule has 34 heavy (non-hydrogen) atoms. The molecule has 2 aromatic carbocycles. The third-order valence-electron chi connectivity index (χ3n) is 6.32. The highest BCUT2D eigenvalue weighted by Gasteiger charge is 2.35. The number of benzene rings is 2. The lowest BCUT2D eigenvalue weighted by Gasteiger charge is -2.40. The third-order valence-corrected chi connectivity index (χ3v) is 8.19. The Balaban J connectivity index is 1.54. The summed E-state index contributed by atoms with van der Waals surface area (Å²) in [5.74, 6) is 0.0382. The van der Waals surface area contributed by atoms with Gasteiger partial charge in [0.1, 0.15) is 0 Å². The fraction of sp³-hybridized carbons (Fsp3) is 0.280. The number of sulfonamides is 1. The van der Waals surface area contributed by atoms with Crippen LogP contribution in [-0.4, -0.2) is 45.1 Å². The predicted octanol–water partition coefficient (Wildman–Crippen LogP) is 3.89. The molecule has 0 aliphatic carbocycles. The zero-order valence-electron chi connectivity index (χ0n) is 19.0. The first-order chi connectivity index (χ1) is 16.3. The van der Waals surface area contributed by atoms with E-state index in [1.807, 2.05) is 37.3 Å². The molecule has 0 spiro atoms. The summed E-state index contributed by atoms with van der Waals surface area (Å²) in [5.41, 5.74) is 3.66. The zero-order valence-corrected chi connectivity index (χ0v) is 19.8. The van der Waals surface area contributed by atoms with Crippen molar-refractivity contribution in [1.29, 1.82) is 0 Å². The highest BCUT2D eigenvalue weighted by Crippen LogP contribution is 2.40. The molecular weight excluding hydrogens is 454 g/mol. The van der Waals surface area contributed by atoms with Gasteiger partial charge >= 0.3 is 0 Å². The highest BCUT2D eigenvalue weighted by molar-refractivity contribution is 7.93. The number of hydrogen-bond acceptors (Lipinski definition) is 5. The van der Waals surface area contributed by atoms with Gasteiger partial charge in [0.25, 0.3) is 5.91 Å². The van der Waals surface area contributed by atoms with Crippen LogP contribution in [0.25, 0.3) is 11.1 Å². The van der Waals surface area contributed by atoms with Gasteiger partial charge in [0.15, 0.2) is 5.76 Å². The molecule has 2 aliphatic heterocycles. The van der Waals surface area contributed by atoms with Gasteiger partial charge in [0.2, 0.25) is 15.9 Å². The maximum atomic E-state index is 13.2. The zero-order chi connectivity index (χ0) is 24.0. The monoisotopic (exact) mass is 479 g/mol. The first kappa shape index (κ1) is 22.2. The number of carbonyl (C=O) groups is 2. The molecule has 0 bridgehead atoms. The number of anilines is 3. The van der Waals surface area contributed by atoms with Gasteiger partial charge in [-0.2, -0.15) is 0 Å². The van der Waals surface area contributed by atoms with E-state index in [0.717, 1.165) is 11.1 Å². The first-order valence-electron chi connectivity index (χ1n) is 11.2. The molecule has 3 aromatic rings. The van der Waals surface area contributed by atoms with Crippen molar-refractivity contribution in [3.05, 3.63) is 66.6 Å². The minimum atomic E-state index is -3.24. The van der Waals surface area contributed by atoms with Crippen LogP contribution >= 0.6 is 0 Å². The summed E-state index contributed by atoms with van der Waals surface area (Å²) in [5, 5.41) is 0. The molecule has 0 N–H and O–H groups in total. The summed E-state index contributed by atoms with van der Waals surface area (Å²) in [6, 6.07) is 16.1. The Morgan fingerprint density at radius 1 is 1.00 bits per heavy atom. The van der Waals surface area contributed by atoms with Crippen LogP contribution < -0.4 is 14.1 Å². The second-order valence-electron chi connectivity index (χ2n) is 8.62. The Labute approximate surface area is 198 Å². The van der Waals surface area contributed by atoms with Crippen molar-refractivity contribution in [2.75, 3.05) is 32.9 Å². The van der Waals surface area contributed by atoms with Gasteiger partial charge in [-0.25, -0.2) is 8.42 Å². The maximum Gasteiger partial charge on any atom is 0.294 e. The van der Waals surface area contributed by atoms with Crippen molar-refractivity contribution in [2.45, 2.75) is 26.3 Å². The van der Waals surface area contributed by atoms with E-state index in [2.05, 4.69) is 0 Å². The summed E-state index contributed by atoms with van der Waals surface area (Å²) >= 11 is 0. The molecule has 176 valence electrons. The molecular formula is C25H25N3O5S. The highest BCUT2D eigenvalue weighted by atomic mass is 32.2. The molecule has 1 aromatic heterocycles. The van der Waals surface area contributed by atoms with Crippen LogP contribution in [0, 0.1) is 0 Å². The van der Waals surface area contributed by atoms with E-state index in [0.29, 0.717) is 36.6 Å². The van der Waals surface area contributed by atoms with Crippen molar-refractivity contribution >= 4 is 38.9 Å². The van der Waals surface area contributed by atoms with Gasteiger partial charge < -0.3 is 14.2 Å². The van der Waals surface area contributed by atoms with Crippen LogP contribution in [0.15, 0.2) is 65.3 Å². The van der Waals surface area contributed by atoms with Gasteiger partial charge in [-0.15, -0.1) is 0 Å². The predicted molar refractivity (Wildman–Crippen MR) is 131 cm³/mol. The molecule has 0 unspecified atom stereocenters. The topological polar surface area (TPSA) is 91.1 Å². The Morgan fingerprint density at radius 2 is 1.74 bits per heavy atom. The van der Waals surface area contributed by atoms with Crippen molar-refractivity contribution in [3.63, 3.8) is 0 Å². The van der Waals surface area contributed by atoms with Gasteiger partial charge in [-0.1, -0.05) is 18.2 Å². The fourth-order valence-electron chi connectivity index (χ4n) is 4.76. The van der Waals surface area contributed by atoms with Gasteiger partial charge in [-0.3, -0.25) is 13.9 Å². The molecule has 2 amide bonds. The second kappa shape index (κ2) is 8.32. The minimum Gasteiger partial charge on any atom is -0.459 e. The molecule has 1 saturated heterocycles. The summed E-state index contributed by atoms with van der Waals surface area (Å²) in [6.07, 6.45) is 2.08. The van der Waals surface area contributed by atoms with Crippen LogP contribution in [0.2, 0.25) is 0 Å². The third kappa shape index (κ3) is 3.75. The number of hydrogen-bond donors (Lipinski definition) is 0. The molecule has 0 radical (unpaired) electrons. The lowest BCUT2D eigenvalue weighted by Crippen LogP contribution is -2.51. The standard InChI is InChI=1S/C25H25N3O5S/c1-17-16-26(25(30)24-5-3-13-33-24)23-15-20(8-11-22(23)28(17)18(2)29)19-6-9-21(10-7-19)27-12-4-14-34(27,31)32/h3,5-11,13,15,17H,4,12,14,16H2,1-2H3/t17-/m0/s1. The molecule has 3 heterocycles. The van der Waals surface area contributed by atoms with Crippen molar-refractivity contribution in [2.24, 2.45) is 0 Å². The number of carbonyl (C=O) groups excluding carboxylic acids is 2. The van der Waals surface area contributed by atoms with Crippen molar-refractivity contribution in [3.8, 4) is 11.1 Å². The molecule has 1 atom stereocenters. The van der Waals surface area contributed by atoms with E-state index in [4.69, 9.17) is 4.42 Å². The number of furan rings is 1. The second-order valence-corrected chi connectivity index (χ2v) is 10.6. The van der Waals surface area contributed by atoms with E-state index >= 15 is 0 Å². The fourth-order valence-corrected chi connectivity index (χ4v) is 6.32. The molecule has 5 rings (SSSR count). The molecule has 0 saturated carbocycles. The number of nitrogens with zero attached hydrogens (tertiary/aromatic N) is 3. The van der Waals surface area contributed by atoms with E-state index in [1.165, 1.54) is 17.5 Å². The Bertz CT molecular complexity index is 1350. The Kier molecular flexibility index (Phi) is 5.44. The number of amides is 2. The molecule has 9 heteroatoms. The van der Waals surface area contributed by atoms with Gasteiger partial charge in [0.05, 0.1) is 35.1 Å².